The fourth-order valence-electron chi connectivity index (χ4n) is 2.55. The number of benzene rings is 1. The molecule has 1 aromatic heterocycles. The second kappa shape index (κ2) is 10.5. The van der Waals surface area contributed by atoms with Crippen LogP contribution in [0.5, 0.6) is 5.75 Å². The lowest BCUT2D eigenvalue weighted by Gasteiger charge is -2.20. The number of hydrogen-bond donors (Lipinski definition) is 1. The fourth-order valence-corrected chi connectivity index (χ4v) is 2.92. The molecule has 1 N–H and O–H groups in total. The van der Waals surface area contributed by atoms with Crippen molar-refractivity contribution in [3.05, 3.63) is 28.9 Å². The molecule has 2 rings (SSSR count). The standard InChI is InChI=1S/C17H18ClF6N3O.CO2/c1-4-12-14(18)15(27(5-2)26-12)11-7-6-10(25-9(3)16(19,20)21)8-13(11)28-17(22,23)24;2-1-3/h6-9,25H,4-5H2,1-3H3;/t9-;/m1./s1. The van der Waals surface area contributed by atoms with Gasteiger partial charge in [0.2, 0.25) is 0 Å². The van der Waals surface area contributed by atoms with Crippen molar-refractivity contribution < 1.29 is 40.7 Å². The molecule has 172 valence electrons. The van der Waals surface area contributed by atoms with Crippen LogP contribution in [0.2, 0.25) is 5.02 Å². The first kappa shape index (κ1) is 26.3. The van der Waals surface area contributed by atoms with E-state index in [9.17, 15) is 26.3 Å². The van der Waals surface area contributed by atoms with Crippen molar-refractivity contribution in [1.82, 2.24) is 9.78 Å². The summed E-state index contributed by atoms with van der Waals surface area (Å²) in [5.74, 6) is -0.675. The van der Waals surface area contributed by atoms with E-state index in [-0.39, 0.29) is 28.1 Å². The molecular formula is C18H18ClF6N3O3. The summed E-state index contributed by atoms with van der Waals surface area (Å²) < 4.78 is 82.4. The van der Waals surface area contributed by atoms with Crippen LogP contribution < -0.4 is 10.1 Å². The van der Waals surface area contributed by atoms with E-state index < -0.39 is 24.3 Å². The Balaban J connectivity index is 0.00000151. The van der Waals surface area contributed by atoms with Crippen LogP contribution in [0.3, 0.4) is 0 Å². The number of rotatable bonds is 6. The minimum Gasteiger partial charge on any atom is -0.405 e. The van der Waals surface area contributed by atoms with Gasteiger partial charge in [-0.3, -0.25) is 4.68 Å². The summed E-state index contributed by atoms with van der Waals surface area (Å²) in [6.07, 6.45) is -8.90. The fraction of sp³-hybridized carbons (Fsp3) is 0.444. The number of carbonyl (C=O) groups excluding carboxylic acids is 2. The highest BCUT2D eigenvalue weighted by atomic mass is 35.5. The topological polar surface area (TPSA) is 73.2 Å². The molecule has 6 nitrogen and oxygen atoms in total. The van der Waals surface area contributed by atoms with E-state index >= 15 is 0 Å². The molecule has 31 heavy (non-hydrogen) atoms. The first-order chi connectivity index (χ1) is 14.3. The van der Waals surface area contributed by atoms with Gasteiger partial charge in [-0.25, -0.2) is 0 Å². The molecule has 1 aromatic carbocycles. The third-order valence-corrected chi connectivity index (χ3v) is 4.33. The zero-order valence-electron chi connectivity index (χ0n) is 16.5. The van der Waals surface area contributed by atoms with Crippen molar-refractivity contribution in [2.75, 3.05) is 5.32 Å². The molecule has 0 aliphatic heterocycles. The Morgan fingerprint density at radius 2 is 1.77 bits per heavy atom. The Labute approximate surface area is 178 Å². The van der Waals surface area contributed by atoms with Gasteiger partial charge in [0.1, 0.15) is 11.8 Å². The van der Waals surface area contributed by atoms with E-state index in [2.05, 4.69) is 15.2 Å². The van der Waals surface area contributed by atoms with E-state index in [1.54, 1.807) is 13.8 Å². The largest absolute Gasteiger partial charge is 0.573 e. The summed E-state index contributed by atoms with van der Waals surface area (Å²) in [4.78, 5) is 16.2. The summed E-state index contributed by atoms with van der Waals surface area (Å²) in [6.45, 7) is 4.70. The van der Waals surface area contributed by atoms with Crippen LogP contribution in [-0.4, -0.2) is 34.5 Å². The maximum Gasteiger partial charge on any atom is 0.573 e. The lowest BCUT2D eigenvalue weighted by atomic mass is 10.1. The lowest BCUT2D eigenvalue weighted by molar-refractivity contribution is -0.274. The first-order valence-electron chi connectivity index (χ1n) is 8.76. The molecule has 0 unspecified atom stereocenters. The van der Waals surface area contributed by atoms with Crippen molar-refractivity contribution in [2.24, 2.45) is 0 Å². The molecule has 0 saturated heterocycles. The summed E-state index contributed by atoms with van der Waals surface area (Å²) >= 11 is 6.29. The summed E-state index contributed by atoms with van der Waals surface area (Å²) in [6, 6.07) is 1.35. The minimum atomic E-state index is -5.04. The van der Waals surface area contributed by atoms with E-state index in [1.165, 1.54) is 16.8 Å². The lowest BCUT2D eigenvalue weighted by Crippen LogP contribution is -2.33. The maximum absolute atomic E-state index is 12.9. The Kier molecular flexibility index (Phi) is 8.95. The first-order valence-corrected chi connectivity index (χ1v) is 9.14. The second-order valence-corrected chi connectivity index (χ2v) is 6.41. The Bertz CT molecular complexity index is 921. The number of alkyl halides is 6. The number of nitrogens with one attached hydrogen (secondary N) is 1. The number of halogens is 7. The van der Waals surface area contributed by atoms with Gasteiger partial charge in [-0.15, -0.1) is 13.2 Å². The van der Waals surface area contributed by atoms with E-state index in [1.807, 2.05) is 0 Å². The highest BCUT2D eigenvalue weighted by Gasteiger charge is 2.37. The predicted molar refractivity (Wildman–Crippen MR) is 98.6 cm³/mol. The Morgan fingerprint density at radius 1 is 1.19 bits per heavy atom. The number of hydrogen-bond acceptors (Lipinski definition) is 5. The average Bonchev–Trinajstić information content (AvgIpc) is 2.96. The van der Waals surface area contributed by atoms with Crippen LogP contribution in [0.4, 0.5) is 32.0 Å². The maximum atomic E-state index is 12.9. The number of ether oxygens (including phenoxy) is 1. The van der Waals surface area contributed by atoms with Gasteiger partial charge >= 0.3 is 18.7 Å². The monoisotopic (exact) mass is 473 g/mol. The molecule has 0 saturated carbocycles. The van der Waals surface area contributed by atoms with Crippen molar-refractivity contribution in [1.29, 1.82) is 0 Å². The minimum absolute atomic E-state index is 0.0263. The molecule has 1 atom stereocenters. The predicted octanol–water partition coefficient (Wildman–Crippen LogP) is 5.46. The van der Waals surface area contributed by atoms with Crippen LogP contribution in [0.1, 0.15) is 26.5 Å². The van der Waals surface area contributed by atoms with Crippen LogP contribution in [0.15, 0.2) is 18.2 Å². The van der Waals surface area contributed by atoms with Gasteiger partial charge in [0.05, 0.1) is 16.4 Å². The summed E-state index contributed by atoms with van der Waals surface area (Å²) in [7, 11) is 0. The Morgan fingerprint density at radius 3 is 2.23 bits per heavy atom. The summed E-state index contributed by atoms with van der Waals surface area (Å²) in [5.41, 5.74) is 0.490. The van der Waals surface area contributed by atoms with Gasteiger partial charge in [0.25, 0.3) is 0 Å². The quantitative estimate of drug-likeness (QED) is 0.564. The number of anilines is 1. The number of aromatic nitrogens is 2. The van der Waals surface area contributed by atoms with E-state index in [4.69, 9.17) is 21.2 Å². The zero-order chi connectivity index (χ0) is 24.0. The molecule has 0 fully saturated rings. The van der Waals surface area contributed by atoms with Crippen LogP contribution in [-0.2, 0) is 22.6 Å². The second-order valence-electron chi connectivity index (χ2n) is 6.03. The SMILES string of the molecule is CCc1nn(CC)c(-c2ccc(N[C@H](C)C(F)(F)F)cc2OC(F)(F)F)c1Cl.O=C=O. The number of nitrogens with zero attached hydrogens (tertiary/aromatic N) is 2. The molecule has 0 aliphatic rings. The van der Waals surface area contributed by atoms with Gasteiger partial charge in [-0.1, -0.05) is 18.5 Å². The third kappa shape index (κ3) is 7.18. The molecular weight excluding hydrogens is 456 g/mol. The Hall–Kier alpha value is -2.72. The molecule has 0 amide bonds. The normalized spacial score (nSPS) is 12.5. The van der Waals surface area contributed by atoms with Crippen molar-refractivity contribution in [3.63, 3.8) is 0 Å². The van der Waals surface area contributed by atoms with Crippen LogP contribution in [0.25, 0.3) is 11.3 Å². The number of aryl methyl sites for hydroxylation is 2. The van der Waals surface area contributed by atoms with Gasteiger partial charge in [0.15, 0.2) is 0 Å². The zero-order valence-corrected chi connectivity index (χ0v) is 17.2. The molecule has 0 aliphatic carbocycles. The van der Waals surface area contributed by atoms with Crippen molar-refractivity contribution in [3.8, 4) is 17.0 Å². The highest BCUT2D eigenvalue weighted by molar-refractivity contribution is 6.33. The van der Waals surface area contributed by atoms with Crippen LogP contribution in [0, 0.1) is 0 Å². The van der Waals surface area contributed by atoms with Crippen molar-refractivity contribution in [2.45, 2.75) is 52.3 Å². The van der Waals surface area contributed by atoms with E-state index in [0.29, 0.717) is 18.7 Å². The smallest absolute Gasteiger partial charge is 0.405 e. The molecule has 2 aromatic rings. The third-order valence-electron chi connectivity index (χ3n) is 3.93. The molecule has 0 radical (unpaired) electrons. The van der Waals surface area contributed by atoms with E-state index in [0.717, 1.165) is 13.0 Å². The van der Waals surface area contributed by atoms with Gasteiger partial charge in [0, 0.05) is 23.9 Å². The average molecular weight is 474 g/mol. The molecule has 0 bridgehead atoms. The van der Waals surface area contributed by atoms with Crippen LogP contribution >= 0.6 is 11.6 Å². The van der Waals surface area contributed by atoms with Gasteiger partial charge < -0.3 is 10.1 Å². The molecule has 1 heterocycles. The van der Waals surface area contributed by atoms with Gasteiger partial charge in [-0.2, -0.15) is 27.9 Å². The highest BCUT2D eigenvalue weighted by Crippen LogP contribution is 2.40. The van der Waals surface area contributed by atoms with Crippen molar-refractivity contribution >= 4 is 23.4 Å². The summed E-state index contributed by atoms with van der Waals surface area (Å²) in [5, 5.41) is 6.53. The molecule has 0 spiro atoms. The molecule has 13 heteroatoms. The van der Waals surface area contributed by atoms with Gasteiger partial charge in [-0.05, 0) is 32.4 Å².